The number of nitrogens with zero attached hydrogens (tertiary/aromatic N) is 2. The summed E-state index contributed by atoms with van der Waals surface area (Å²) in [4.78, 5) is 0. The third kappa shape index (κ3) is 3.55. The highest BCUT2D eigenvalue weighted by Crippen LogP contribution is 2.16. The van der Waals surface area contributed by atoms with Crippen LogP contribution >= 0.6 is 0 Å². The molecular formula is C16H18ClN3O2. The van der Waals surface area contributed by atoms with Crippen LogP contribution in [0.15, 0.2) is 48.5 Å². The first-order chi connectivity index (χ1) is 10.2. The number of hydrogen-bond acceptors (Lipinski definition) is 3. The number of nitrogens with one attached hydrogen (secondary N) is 1. The van der Waals surface area contributed by atoms with Crippen LogP contribution in [0, 0.1) is 6.92 Å². The molecule has 22 heavy (non-hydrogen) atoms. The van der Waals surface area contributed by atoms with Crippen molar-refractivity contribution < 1.29 is 26.9 Å². The van der Waals surface area contributed by atoms with E-state index in [9.17, 15) is 5.11 Å². The highest BCUT2D eigenvalue weighted by atomic mass is 35.5. The minimum Gasteiger partial charge on any atom is -1.00 e. The lowest BCUT2D eigenvalue weighted by Crippen LogP contribution is -3.00. The number of aryl methyl sites for hydroxylation is 1. The zero-order valence-corrected chi connectivity index (χ0v) is 13.0. The fourth-order valence-electron chi connectivity index (χ4n) is 2.26. The Hall–Kier alpha value is -2.11. The van der Waals surface area contributed by atoms with E-state index in [4.69, 9.17) is 4.74 Å². The molecule has 1 atom stereocenters. The molecule has 0 aliphatic heterocycles. The Kier molecular flexibility index (Phi) is 5.35. The maximum atomic E-state index is 10.1. The van der Waals surface area contributed by atoms with Gasteiger partial charge in [-0.3, -0.25) is 0 Å². The molecule has 1 heterocycles. The summed E-state index contributed by atoms with van der Waals surface area (Å²) in [6.45, 7) is 2.64. The van der Waals surface area contributed by atoms with E-state index >= 15 is 0 Å². The molecule has 0 amide bonds. The smallest absolute Gasteiger partial charge is 0.248 e. The summed E-state index contributed by atoms with van der Waals surface area (Å²) in [7, 11) is 0. The van der Waals surface area contributed by atoms with Crippen molar-refractivity contribution in [2.24, 2.45) is 0 Å². The quantitative estimate of drug-likeness (QED) is 0.569. The summed E-state index contributed by atoms with van der Waals surface area (Å²) in [5, 5.41) is 17.2. The highest BCUT2D eigenvalue weighted by Gasteiger charge is 2.16. The van der Waals surface area contributed by atoms with E-state index in [0.717, 1.165) is 22.3 Å². The molecule has 0 radical (unpaired) electrons. The predicted molar refractivity (Wildman–Crippen MR) is 79.0 cm³/mol. The van der Waals surface area contributed by atoms with Crippen LogP contribution in [0.1, 0.15) is 5.56 Å². The molecule has 3 aromatic rings. The second-order valence-electron chi connectivity index (χ2n) is 5.04. The molecule has 0 spiro atoms. The SMILES string of the molecule is Cc1ccccc1OCC(O)C[n+]1[nH]nc2ccccc21.[Cl-]. The lowest BCUT2D eigenvalue weighted by molar-refractivity contribution is -0.736. The number of aromatic amines is 1. The Morgan fingerprint density at radius 2 is 1.91 bits per heavy atom. The fourth-order valence-corrected chi connectivity index (χ4v) is 2.26. The third-order valence-corrected chi connectivity index (χ3v) is 3.38. The highest BCUT2D eigenvalue weighted by molar-refractivity contribution is 5.69. The second kappa shape index (κ2) is 7.24. The largest absolute Gasteiger partial charge is 1.00 e. The van der Waals surface area contributed by atoms with Crippen LogP contribution in [0.25, 0.3) is 11.0 Å². The molecule has 116 valence electrons. The first-order valence-electron chi connectivity index (χ1n) is 6.93. The zero-order chi connectivity index (χ0) is 14.7. The van der Waals surface area contributed by atoms with Gasteiger partial charge in [0.2, 0.25) is 11.0 Å². The molecular weight excluding hydrogens is 302 g/mol. The van der Waals surface area contributed by atoms with E-state index in [0.29, 0.717) is 6.54 Å². The Labute approximate surface area is 134 Å². The number of halogens is 1. The van der Waals surface area contributed by atoms with Crippen LogP contribution in [0.3, 0.4) is 0 Å². The van der Waals surface area contributed by atoms with Crippen molar-refractivity contribution in [3.63, 3.8) is 0 Å². The summed E-state index contributed by atoms with van der Waals surface area (Å²) in [5.74, 6) is 0.802. The molecule has 1 aromatic heterocycles. The van der Waals surface area contributed by atoms with Crippen LogP contribution < -0.4 is 21.8 Å². The Balaban J connectivity index is 0.00000176. The van der Waals surface area contributed by atoms with Crippen LogP contribution in [0.2, 0.25) is 0 Å². The topological polar surface area (TPSA) is 62.0 Å². The summed E-state index contributed by atoms with van der Waals surface area (Å²) in [6.07, 6.45) is -0.613. The van der Waals surface area contributed by atoms with Gasteiger partial charge in [-0.15, -0.1) is 0 Å². The molecule has 0 fully saturated rings. The number of rotatable bonds is 5. The molecule has 2 N–H and O–H groups in total. The van der Waals surface area contributed by atoms with Gasteiger partial charge >= 0.3 is 0 Å². The summed E-state index contributed by atoms with van der Waals surface area (Å²) < 4.78 is 7.48. The molecule has 5 nitrogen and oxygen atoms in total. The van der Waals surface area contributed by atoms with Crippen molar-refractivity contribution in [2.45, 2.75) is 19.6 Å². The second-order valence-corrected chi connectivity index (χ2v) is 5.04. The number of aliphatic hydroxyl groups excluding tert-OH is 1. The van der Waals surface area contributed by atoms with Crippen molar-refractivity contribution in [3.8, 4) is 5.75 Å². The molecule has 1 unspecified atom stereocenters. The first kappa shape index (κ1) is 16.3. The van der Waals surface area contributed by atoms with Gasteiger partial charge in [0.1, 0.15) is 25.0 Å². The number of ether oxygens (including phenoxy) is 1. The maximum Gasteiger partial charge on any atom is 0.248 e. The van der Waals surface area contributed by atoms with Gasteiger partial charge in [0.15, 0.2) is 0 Å². The average Bonchev–Trinajstić information content (AvgIpc) is 2.90. The molecule has 0 bridgehead atoms. The fraction of sp³-hybridized carbons (Fsp3) is 0.250. The van der Waals surface area contributed by atoms with Crippen LogP contribution in [-0.2, 0) is 6.54 Å². The normalized spacial score (nSPS) is 11.9. The van der Waals surface area contributed by atoms with Crippen molar-refractivity contribution in [1.29, 1.82) is 0 Å². The monoisotopic (exact) mass is 319 g/mol. The molecule has 0 aliphatic carbocycles. The molecule has 2 aromatic carbocycles. The van der Waals surface area contributed by atoms with Gasteiger partial charge in [-0.1, -0.05) is 35.5 Å². The number of benzene rings is 2. The van der Waals surface area contributed by atoms with Gasteiger partial charge in [-0.05, 0) is 30.7 Å². The van der Waals surface area contributed by atoms with Crippen LogP contribution in [-0.4, -0.2) is 28.1 Å². The van der Waals surface area contributed by atoms with Gasteiger partial charge in [0, 0.05) is 5.10 Å². The summed E-state index contributed by atoms with van der Waals surface area (Å²) >= 11 is 0. The number of fused-ring (bicyclic) bond motifs is 1. The summed E-state index contributed by atoms with van der Waals surface area (Å²) in [5.41, 5.74) is 2.90. The summed E-state index contributed by atoms with van der Waals surface area (Å²) in [6, 6.07) is 15.6. The Morgan fingerprint density at radius 1 is 1.18 bits per heavy atom. The number of H-pyrrole nitrogens is 1. The van der Waals surface area contributed by atoms with E-state index in [1.807, 2.05) is 60.1 Å². The van der Waals surface area contributed by atoms with Crippen molar-refractivity contribution in [3.05, 3.63) is 54.1 Å². The van der Waals surface area contributed by atoms with E-state index < -0.39 is 6.10 Å². The zero-order valence-electron chi connectivity index (χ0n) is 12.2. The van der Waals surface area contributed by atoms with Crippen molar-refractivity contribution in [2.75, 3.05) is 6.61 Å². The maximum absolute atomic E-state index is 10.1. The molecule has 0 saturated heterocycles. The standard InChI is InChI=1S/C16H17N3O2.ClH/c1-12-6-2-5-9-16(12)21-11-13(20)10-19-15-8-4-3-7-14(15)17-18-19;/h2-9,13,20H,10-11H2,1H3;1H. The van der Waals surface area contributed by atoms with Gasteiger partial charge in [0.25, 0.3) is 0 Å². The van der Waals surface area contributed by atoms with E-state index in [1.54, 1.807) is 0 Å². The molecule has 6 heteroatoms. The number of aromatic nitrogens is 3. The molecule has 3 rings (SSSR count). The Morgan fingerprint density at radius 3 is 2.73 bits per heavy atom. The van der Waals surface area contributed by atoms with Gasteiger partial charge in [-0.2, -0.15) is 4.68 Å². The van der Waals surface area contributed by atoms with E-state index in [-0.39, 0.29) is 19.0 Å². The number of hydrogen-bond donors (Lipinski definition) is 2. The Bertz CT molecular complexity index is 745. The number of aliphatic hydroxyl groups is 1. The minimum absolute atomic E-state index is 0. The minimum atomic E-state index is -0.613. The van der Waals surface area contributed by atoms with E-state index in [1.165, 1.54) is 0 Å². The number of para-hydroxylation sites is 3. The third-order valence-electron chi connectivity index (χ3n) is 3.38. The van der Waals surface area contributed by atoms with Crippen LogP contribution in [0.5, 0.6) is 5.75 Å². The average molecular weight is 320 g/mol. The lowest BCUT2D eigenvalue weighted by atomic mass is 10.2. The first-order valence-corrected chi connectivity index (χ1v) is 6.93. The van der Waals surface area contributed by atoms with Gasteiger partial charge in [-0.25, -0.2) is 0 Å². The van der Waals surface area contributed by atoms with Crippen LogP contribution in [0.4, 0.5) is 0 Å². The predicted octanol–water partition coefficient (Wildman–Crippen LogP) is -1.40. The van der Waals surface area contributed by atoms with Crippen molar-refractivity contribution >= 4 is 11.0 Å². The van der Waals surface area contributed by atoms with E-state index in [2.05, 4.69) is 10.3 Å². The molecule has 0 aliphatic rings. The lowest BCUT2D eigenvalue weighted by Gasteiger charge is -2.12. The van der Waals surface area contributed by atoms with Crippen molar-refractivity contribution in [1.82, 2.24) is 10.3 Å². The van der Waals surface area contributed by atoms with Gasteiger partial charge < -0.3 is 22.3 Å². The van der Waals surface area contributed by atoms with Gasteiger partial charge in [0.05, 0.1) is 0 Å². The molecule has 0 saturated carbocycles.